The van der Waals surface area contributed by atoms with Gasteiger partial charge in [0.05, 0.1) is 12.7 Å². The third-order valence-corrected chi connectivity index (χ3v) is 5.38. The molecule has 0 aliphatic carbocycles. The molecule has 3 aromatic rings. The summed E-state index contributed by atoms with van der Waals surface area (Å²) in [6, 6.07) is 11.1. The summed E-state index contributed by atoms with van der Waals surface area (Å²) in [7, 11) is 1.62. The van der Waals surface area contributed by atoms with Crippen molar-refractivity contribution in [1.82, 2.24) is 20.0 Å². The van der Waals surface area contributed by atoms with E-state index < -0.39 is 0 Å². The first-order valence-corrected chi connectivity index (χ1v) is 10.7. The van der Waals surface area contributed by atoms with Gasteiger partial charge in [-0.05, 0) is 49.2 Å². The third kappa shape index (κ3) is 4.68. The van der Waals surface area contributed by atoms with E-state index in [1.54, 1.807) is 13.3 Å². The van der Waals surface area contributed by atoms with Crippen molar-refractivity contribution < 1.29 is 14.1 Å². The van der Waals surface area contributed by atoms with Crippen LogP contribution in [0.15, 0.2) is 47.1 Å². The Labute approximate surface area is 181 Å². The van der Waals surface area contributed by atoms with Crippen LogP contribution < -0.4 is 9.64 Å². The van der Waals surface area contributed by atoms with Gasteiger partial charge in [-0.3, -0.25) is 4.79 Å². The molecule has 162 valence electrons. The average Bonchev–Trinajstić information content (AvgIpc) is 3.14. The maximum Gasteiger partial charge on any atom is 0.261 e. The molecule has 1 aliphatic heterocycles. The molecule has 2 aromatic heterocycles. The number of aromatic nitrogens is 3. The summed E-state index contributed by atoms with van der Waals surface area (Å²) in [4.78, 5) is 26.2. The lowest BCUT2D eigenvalue weighted by Crippen LogP contribution is -2.35. The van der Waals surface area contributed by atoms with E-state index >= 15 is 0 Å². The summed E-state index contributed by atoms with van der Waals surface area (Å²) in [5.41, 5.74) is 1.49. The number of carbonyl (C=O) groups excluding carboxylic acids is 1. The van der Waals surface area contributed by atoms with Crippen molar-refractivity contribution in [1.29, 1.82) is 0 Å². The van der Waals surface area contributed by atoms with Gasteiger partial charge in [0.1, 0.15) is 11.6 Å². The molecule has 1 aliphatic rings. The molecule has 1 aromatic carbocycles. The van der Waals surface area contributed by atoms with Crippen LogP contribution in [0.1, 0.15) is 35.9 Å². The van der Waals surface area contributed by atoms with Crippen LogP contribution in [-0.4, -0.2) is 59.2 Å². The van der Waals surface area contributed by atoms with E-state index in [9.17, 15) is 4.79 Å². The average molecular weight is 422 g/mol. The number of hydrogen-bond acceptors (Lipinski definition) is 7. The lowest BCUT2D eigenvalue weighted by molar-refractivity contribution is 0.0767. The van der Waals surface area contributed by atoms with E-state index in [0.29, 0.717) is 36.9 Å². The lowest BCUT2D eigenvalue weighted by atomic mass is 10.2. The monoisotopic (exact) mass is 421 g/mol. The standard InChI is InChI=1S/C23H27N5O3/c1-3-6-20-25-22(31-26-20)19-7-4-12-24-21(19)27-13-5-14-28(16-15-27)23(29)17-8-10-18(30-2)11-9-17/h4,7-12H,3,5-6,13-16H2,1-2H3. The summed E-state index contributed by atoms with van der Waals surface area (Å²) < 4.78 is 10.7. The van der Waals surface area contributed by atoms with Crippen LogP contribution in [0.2, 0.25) is 0 Å². The normalized spacial score (nSPS) is 14.4. The quantitative estimate of drug-likeness (QED) is 0.603. The highest BCUT2D eigenvalue weighted by molar-refractivity contribution is 5.94. The molecule has 1 amide bonds. The van der Waals surface area contributed by atoms with Gasteiger partial charge in [0, 0.05) is 44.4 Å². The summed E-state index contributed by atoms with van der Waals surface area (Å²) >= 11 is 0. The van der Waals surface area contributed by atoms with Gasteiger partial charge in [-0.15, -0.1) is 0 Å². The maximum absolute atomic E-state index is 13.0. The number of carbonyl (C=O) groups is 1. The van der Waals surface area contributed by atoms with Crippen molar-refractivity contribution in [2.75, 3.05) is 38.2 Å². The van der Waals surface area contributed by atoms with Crippen molar-refractivity contribution in [3.8, 4) is 17.2 Å². The minimum absolute atomic E-state index is 0.0341. The minimum Gasteiger partial charge on any atom is -0.497 e. The Balaban J connectivity index is 1.49. The van der Waals surface area contributed by atoms with E-state index in [1.165, 1.54) is 0 Å². The maximum atomic E-state index is 13.0. The van der Waals surface area contributed by atoms with Crippen LogP contribution in [0.3, 0.4) is 0 Å². The Hall–Kier alpha value is -3.42. The zero-order valence-electron chi connectivity index (χ0n) is 18.0. The second-order valence-electron chi connectivity index (χ2n) is 7.50. The van der Waals surface area contributed by atoms with E-state index in [1.807, 2.05) is 41.3 Å². The Morgan fingerprint density at radius 3 is 2.74 bits per heavy atom. The van der Waals surface area contributed by atoms with Gasteiger partial charge < -0.3 is 19.1 Å². The first-order valence-electron chi connectivity index (χ1n) is 10.7. The molecule has 4 rings (SSSR count). The van der Waals surface area contributed by atoms with Gasteiger partial charge in [0.15, 0.2) is 5.82 Å². The van der Waals surface area contributed by atoms with Crippen LogP contribution in [0.5, 0.6) is 5.75 Å². The van der Waals surface area contributed by atoms with E-state index in [0.717, 1.165) is 42.9 Å². The molecule has 0 bridgehead atoms. The smallest absolute Gasteiger partial charge is 0.261 e. The molecule has 3 heterocycles. The summed E-state index contributed by atoms with van der Waals surface area (Å²) in [6.45, 7) is 4.88. The van der Waals surface area contributed by atoms with Crippen LogP contribution in [0.25, 0.3) is 11.5 Å². The molecule has 0 unspecified atom stereocenters. The van der Waals surface area contributed by atoms with E-state index in [-0.39, 0.29) is 5.91 Å². The van der Waals surface area contributed by atoms with Gasteiger partial charge in [-0.1, -0.05) is 12.1 Å². The van der Waals surface area contributed by atoms with Crippen molar-refractivity contribution >= 4 is 11.7 Å². The zero-order chi connectivity index (χ0) is 21.6. The van der Waals surface area contributed by atoms with E-state index in [4.69, 9.17) is 9.26 Å². The molecule has 0 atom stereocenters. The number of benzene rings is 1. The second kappa shape index (κ2) is 9.59. The first-order chi connectivity index (χ1) is 15.2. The molecule has 31 heavy (non-hydrogen) atoms. The lowest BCUT2D eigenvalue weighted by Gasteiger charge is -2.24. The molecule has 0 N–H and O–H groups in total. The highest BCUT2D eigenvalue weighted by Gasteiger charge is 2.24. The van der Waals surface area contributed by atoms with Crippen molar-refractivity contribution in [3.63, 3.8) is 0 Å². The van der Waals surface area contributed by atoms with Gasteiger partial charge in [-0.2, -0.15) is 4.98 Å². The number of anilines is 1. The summed E-state index contributed by atoms with van der Waals surface area (Å²) in [6.07, 6.45) is 4.37. The predicted octanol–water partition coefficient (Wildman–Crippen LogP) is 3.45. The zero-order valence-corrected chi connectivity index (χ0v) is 18.0. The number of amides is 1. The minimum atomic E-state index is 0.0341. The van der Waals surface area contributed by atoms with Gasteiger partial charge in [0.25, 0.3) is 11.8 Å². The van der Waals surface area contributed by atoms with Crippen LogP contribution in [0, 0.1) is 0 Å². The number of aryl methyl sites for hydroxylation is 1. The fourth-order valence-corrected chi connectivity index (χ4v) is 3.75. The number of hydrogen-bond donors (Lipinski definition) is 0. The Kier molecular flexibility index (Phi) is 6.45. The molecule has 1 saturated heterocycles. The molecular formula is C23H27N5O3. The molecule has 1 fully saturated rings. The number of pyridine rings is 1. The van der Waals surface area contributed by atoms with Crippen LogP contribution >= 0.6 is 0 Å². The highest BCUT2D eigenvalue weighted by atomic mass is 16.5. The van der Waals surface area contributed by atoms with Crippen molar-refractivity contribution in [3.05, 3.63) is 54.0 Å². The largest absolute Gasteiger partial charge is 0.497 e. The van der Waals surface area contributed by atoms with Crippen LogP contribution in [0.4, 0.5) is 5.82 Å². The molecule has 0 saturated carbocycles. The molecule has 0 radical (unpaired) electrons. The summed E-state index contributed by atoms with van der Waals surface area (Å²) in [5.74, 6) is 2.78. The van der Waals surface area contributed by atoms with Gasteiger partial charge in [-0.25, -0.2) is 4.98 Å². The third-order valence-electron chi connectivity index (χ3n) is 5.38. The molecule has 0 spiro atoms. The fraction of sp³-hybridized carbons (Fsp3) is 0.391. The number of methoxy groups -OCH3 is 1. The number of rotatable bonds is 6. The van der Waals surface area contributed by atoms with Gasteiger partial charge >= 0.3 is 0 Å². The van der Waals surface area contributed by atoms with Crippen molar-refractivity contribution in [2.24, 2.45) is 0 Å². The molecule has 8 heteroatoms. The Bertz CT molecular complexity index is 1020. The fourth-order valence-electron chi connectivity index (χ4n) is 3.75. The SMILES string of the molecule is CCCc1noc(-c2cccnc2N2CCCN(C(=O)c3ccc(OC)cc3)CC2)n1. The predicted molar refractivity (Wildman–Crippen MR) is 117 cm³/mol. The van der Waals surface area contributed by atoms with Crippen LogP contribution in [-0.2, 0) is 6.42 Å². The molecule has 8 nitrogen and oxygen atoms in total. The van der Waals surface area contributed by atoms with Gasteiger partial charge in [0.2, 0.25) is 0 Å². The Morgan fingerprint density at radius 1 is 1.13 bits per heavy atom. The van der Waals surface area contributed by atoms with E-state index in [2.05, 4.69) is 26.9 Å². The number of ether oxygens (including phenoxy) is 1. The Morgan fingerprint density at radius 2 is 1.97 bits per heavy atom. The number of nitrogens with zero attached hydrogens (tertiary/aromatic N) is 5. The topological polar surface area (TPSA) is 84.6 Å². The summed E-state index contributed by atoms with van der Waals surface area (Å²) in [5, 5.41) is 4.07. The second-order valence-corrected chi connectivity index (χ2v) is 7.50. The first kappa shape index (κ1) is 20.8. The highest BCUT2D eigenvalue weighted by Crippen LogP contribution is 2.28. The van der Waals surface area contributed by atoms with Crippen molar-refractivity contribution in [2.45, 2.75) is 26.2 Å². The molecular weight excluding hydrogens is 394 g/mol.